The van der Waals surface area contributed by atoms with Crippen LogP contribution in [0, 0.1) is 0 Å². The number of aromatic amines is 2. The van der Waals surface area contributed by atoms with Crippen LogP contribution in [-0.2, 0) is 0 Å². The lowest BCUT2D eigenvalue weighted by atomic mass is 10.4. The van der Waals surface area contributed by atoms with Gasteiger partial charge in [0.2, 0.25) is 0 Å². The molecule has 11 heavy (non-hydrogen) atoms. The summed E-state index contributed by atoms with van der Waals surface area (Å²) in [5.41, 5.74) is -1.97. The minimum Gasteiger partial charge on any atom is -0.477 e. The third kappa shape index (κ3) is 1.54. The third-order valence-electron chi connectivity index (χ3n) is 0.991. The van der Waals surface area contributed by atoms with E-state index in [-0.39, 0.29) is 0 Å². The number of hydrogen-bond donors (Lipinski definition) is 3. The highest BCUT2D eigenvalue weighted by Gasteiger charge is 2.03. The Morgan fingerprint density at radius 1 is 1.36 bits per heavy atom. The Balaban J connectivity index is 3.42. The average Bonchev–Trinajstić information content (AvgIpc) is 1.85. The number of aromatic carboxylic acids is 1. The van der Waals surface area contributed by atoms with Gasteiger partial charge in [-0.25, -0.2) is 9.59 Å². The summed E-state index contributed by atoms with van der Waals surface area (Å²) in [6, 6.07) is 0.795. The Morgan fingerprint density at radius 3 is 2.45 bits per heavy atom. The summed E-state index contributed by atoms with van der Waals surface area (Å²) >= 11 is 0. The van der Waals surface area contributed by atoms with Gasteiger partial charge in [-0.3, -0.25) is 9.78 Å². The molecule has 3 N–H and O–H groups in total. The minimum absolute atomic E-state index is 0.418. The lowest BCUT2D eigenvalue weighted by Crippen LogP contribution is -2.24. The zero-order valence-corrected chi connectivity index (χ0v) is 5.25. The first kappa shape index (κ1) is 7.26. The van der Waals surface area contributed by atoms with Crippen LogP contribution >= 0.6 is 0 Å². The topological polar surface area (TPSA) is 103 Å². The largest absolute Gasteiger partial charge is 0.477 e. The van der Waals surface area contributed by atoms with Gasteiger partial charge in [0.15, 0.2) is 0 Å². The van der Waals surface area contributed by atoms with E-state index < -0.39 is 22.9 Å². The van der Waals surface area contributed by atoms with Crippen LogP contribution < -0.4 is 11.2 Å². The molecular formula is C5H4N2O4. The summed E-state index contributed by atoms with van der Waals surface area (Å²) in [5.74, 6) is -1.34. The van der Waals surface area contributed by atoms with E-state index in [1.807, 2.05) is 9.97 Å². The number of nitrogens with one attached hydrogen (secondary N) is 2. The van der Waals surface area contributed by atoms with Crippen LogP contribution in [0.4, 0.5) is 0 Å². The Labute approximate surface area is 59.5 Å². The first-order valence-electron chi connectivity index (χ1n) is 2.66. The third-order valence-corrected chi connectivity index (χ3v) is 0.991. The van der Waals surface area contributed by atoms with Crippen molar-refractivity contribution in [2.45, 2.75) is 0 Å². The molecule has 0 saturated carbocycles. The van der Waals surface area contributed by atoms with E-state index >= 15 is 0 Å². The van der Waals surface area contributed by atoms with Crippen LogP contribution in [-0.4, -0.2) is 21.0 Å². The average molecular weight is 158 g/mol. The molecule has 1 heterocycles. The van der Waals surface area contributed by atoms with Gasteiger partial charge in [-0.05, 0) is 0 Å². The predicted octanol–water partition coefficient (Wildman–Crippen LogP) is -1.24. The van der Waals surface area contributed by atoms with Gasteiger partial charge >= 0.3 is 11.7 Å². The van der Waals surface area contributed by atoms with Crippen molar-refractivity contribution >= 4 is 5.97 Å². The van der Waals surface area contributed by atoms with Crippen LogP contribution in [0.3, 0.4) is 0 Å². The Kier molecular flexibility index (Phi) is 1.59. The van der Waals surface area contributed by atoms with Crippen molar-refractivity contribution in [2.24, 2.45) is 0 Å². The molecule has 6 nitrogen and oxygen atoms in total. The Bertz CT molecular complexity index is 360. The fourth-order valence-electron chi connectivity index (χ4n) is 0.584. The number of carboxylic acids is 1. The molecule has 0 aliphatic rings. The van der Waals surface area contributed by atoms with Crippen LogP contribution in [0.25, 0.3) is 0 Å². The molecule has 0 spiro atoms. The Morgan fingerprint density at radius 2 is 2.00 bits per heavy atom. The summed E-state index contributed by atoms with van der Waals surface area (Å²) in [6.07, 6.45) is 0. The summed E-state index contributed by atoms with van der Waals surface area (Å²) in [5, 5.41) is 8.31. The van der Waals surface area contributed by atoms with Crippen LogP contribution in [0.5, 0.6) is 0 Å². The highest BCUT2D eigenvalue weighted by atomic mass is 16.4. The predicted molar refractivity (Wildman–Crippen MR) is 34.6 cm³/mol. The molecule has 0 amide bonds. The molecule has 0 aliphatic carbocycles. The van der Waals surface area contributed by atoms with E-state index in [9.17, 15) is 14.4 Å². The van der Waals surface area contributed by atoms with Gasteiger partial charge in [0.25, 0.3) is 5.56 Å². The number of aromatic nitrogens is 2. The molecule has 0 aliphatic heterocycles. The normalized spacial score (nSPS) is 9.45. The first-order chi connectivity index (χ1) is 5.09. The van der Waals surface area contributed by atoms with E-state index in [2.05, 4.69) is 0 Å². The van der Waals surface area contributed by atoms with Gasteiger partial charge < -0.3 is 10.1 Å². The number of rotatable bonds is 1. The highest BCUT2D eigenvalue weighted by molar-refractivity contribution is 5.84. The SMILES string of the molecule is O=C(O)c1cc(=O)[15nH]c(=O)[15nH]1. The van der Waals surface area contributed by atoms with Crippen molar-refractivity contribution < 1.29 is 9.90 Å². The zero-order chi connectivity index (χ0) is 8.43. The molecular weight excluding hydrogens is 154 g/mol. The summed E-state index contributed by atoms with van der Waals surface area (Å²) in [7, 11) is 0. The summed E-state index contributed by atoms with van der Waals surface area (Å²) in [4.78, 5) is 34.9. The maximum atomic E-state index is 10.5. The van der Waals surface area contributed by atoms with Crippen LogP contribution in [0.1, 0.15) is 10.5 Å². The van der Waals surface area contributed by atoms with Crippen molar-refractivity contribution in [2.75, 3.05) is 0 Å². The second-order valence-electron chi connectivity index (χ2n) is 1.81. The van der Waals surface area contributed by atoms with Gasteiger partial charge in [-0.1, -0.05) is 0 Å². The number of H-pyrrole nitrogens is 2. The standard InChI is InChI=1S/C5H4N2O4/c8-3-1-2(4(9)10)6-5(11)7-3/h1H,(H,9,10)(H2,6,7,8,11)/i6+1,7+1. The number of carboxylic acid groups (broad SMARTS) is 1. The molecule has 0 saturated heterocycles. The van der Waals surface area contributed by atoms with Crippen molar-refractivity contribution in [3.8, 4) is 0 Å². The molecule has 1 rings (SSSR count). The van der Waals surface area contributed by atoms with E-state index in [1.165, 1.54) is 0 Å². The fraction of sp³-hybridized carbons (Fsp3) is 0. The maximum Gasteiger partial charge on any atom is 0.352 e. The van der Waals surface area contributed by atoms with E-state index in [0.29, 0.717) is 0 Å². The van der Waals surface area contributed by atoms with Crippen molar-refractivity contribution in [3.05, 3.63) is 32.6 Å². The molecule has 6 heteroatoms. The number of carbonyl (C=O) groups is 1. The van der Waals surface area contributed by atoms with E-state index in [4.69, 9.17) is 5.11 Å². The van der Waals surface area contributed by atoms with Gasteiger partial charge in [0.1, 0.15) is 5.69 Å². The molecule has 0 atom stereocenters. The quantitative estimate of drug-likeness (QED) is 0.475. The smallest absolute Gasteiger partial charge is 0.352 e. The number of hydrogen-bond acceptors (Lipinski definition) is 3. The second kappa shape index (κ2) is 2.41. The monoisotopic (exact) mass is 158 g/mol. The van der Waals surface area contributed by atoms with Crippen LogP contribution in [0.2, 0.25) is 0 Å². The Hall–Kier alpha value is -1.85. The first-order valence-corrected chi connectivity index (χ1v) is 2.66. The molecule has 0 fully saturated rings. The van der Waals surface area contributed by atoms with Gasteiger partial charge in [-0.2, -0.15) is 0 Å². The van der Waals surface area contributed by atoms with Crippen molar-refractivity contribution in [3.63, 3.8) is 0 Å². The van der Waals surface area contributed by atoms with Gasteiger partial charge in [0, 0.05) is 6.07 Å². The summed E-state index contributed by atoms with van der Waals surface area (Å²) < 4.78 is 0. The highest BCUT2D eigenvalue weighted by Crippen LogP contribution is 1.81. The lowest BCUT2D eigenvalue weighted by molar-refractivity contribution is 0.0689. The van der Waals surface area contributed by atoms with Crippen molar-refractivity contribution in [1.29, 1.82) is 0 Å². The molecule has 0 bridgehead atoms. The fourth-order valence-corrected chi connectivity index (χ4v) is 0.584. The molecule has 0 radical (unpaired) electrons. The van der Waals surface area contributed by atoms with Crippen molar-refractivity contribution in [1.82, 2.24) is 9.97 Å². The molecule has 58 valence electrons. The van der Waals surface area contributed by atoms with E-state index in [1.54, 1.807) is 0 Å². The molecule has 0 aromatic carbocycles. The second-order valence-corrected chi connectivity index (χ2v) is 1.81. The van der Waals surface area contributed by atoms with Crippen LogP contribution in [0.15, 0.2) is 15.7 Å². The maximum absolute atomic E-state index is 10.5. The molecule has 1 aromatic heterocycles. The van der Waals surface area contributed by atoms with Gasteiger partial charge in [-0.15, -0.1) is 0 Å². The zero-order valence-electron chi connectivity index (χ0n) is 5.25. The molecule has 1 aromatic rings. The van der Waals surface area contributed by atoms with Gasteiger partial charge in [0.05, 0.1) is 0 Å². The summed E-state index contributed by atoms with van der Waals surface area (Å²) in [6.45, 7) is 0. The minimum atomic E-state index is -1.34. The van der Waals surface area contributed by atoms with E-state index in [0.717, 1.165) is 6.07 Å². The molecule has 0 unspecified atom stereocenters. The lowest BCUT2D eigenvalue weighted by Gasteiger charge is -1.89.